The molecule has 0 saturated heterocycles. The number of esters is 1. The minimum atomic E-state index is -0.359. The first-order valence-corrected chi connectivity index (χ1v) is 7.23. The Morgan fingerprint density at radius 3 is 2.59 bits per heavy atom. The fraction of sp³-hybridized carbons (Fsp3) is 0.167. The quantitative estimate of drug-likeness (QED) is 0.729. The third-order valence-corrected chi connectivity index (χ3v) is 3.36. The number of hydrogen-bond donors (Lipinski definition) is 1. The lowest BCUT2D eigenvalue weighted by atomic mass is 10.1. The number of para-hydroxylation sites is 1. The van der Waals surface area contributed by atoms with E-state index in [1.165, 1.54) is 5.39 Å². The van der Waals surface area contributed by atoms with Crippen LogP contribution in [0.5, 0.6) is 5.75 Å². The van der Waals surface area contributed by atoms with E-state index in [9.17, 15) is 4.79 Å². The standard InChI is InChI=1S/C18H17NO3/c1-2-21-18(20)12-22-15-9-7-13(8-10-15)17-11-14-5-3-4-6-16(14)19-17/h3-11,19H,2,12H2,1H3. The van der Waals surface area contributed by atoms with Crippen LogP contribution >= 0.6 is 0 Å². The molecule has 4 nitrogen and oxygen atoms in total. The number of fused-ring (bicyclic) bond motifs is 1. The highest BCUT2D eigenvalue weighted by Gasteiger charge is 2.05. The minimum absolute atomic E-state index is 0.0699. The van der Waals surface area contributed by atoms with Crippen LogP contribution in [0.1, 0.15) is 6.92 Å². The van der Waals surface area contributed by atoms with E-state index in [1.54, 1.807) is 6.92 Å². The van der Waals surface area contributed by atoms with Gasteiger partial charge in [0.05, 0.1) is 6.61 Å². The van der Waals surface area contributed by atoms with Crippen LogP contribution in [0.15, 0.2) is 54.6 Å². The normalized spacial score (nSPS) is 10.6. The number of aromatic amines is 1. The van der Waals surface area contributed by atoms with Crippen molar-refractivity contribution in [2.75, 3.05) is 13.2 Å². The van der Waals surface area contributed by atoms with Gasteiger partial charge in [-0.2, -0.15) is 0 Å². The molecule has 112 valence electrons. The Hall–Kier alpha value is -2.75. The van der Waals surface area contributed by atoms with Crippen molar-refractivity contribution < 1.29 is 14.3 Å². The van der Waals surface area contributed by atoms with Gasteiger partial charge in [0.25, 0.3) is 0 Å². The van der Waals surface area contributed by atoms with E-state index >= 15 is 0 Å². The van der Waals surface area contributed by atoms with Crippen LogP contribution in [0.4, 0.5) is 0 Å². The van der Waals surface area contributed by atoms with Gasteiger partial charge >= 0.3 is 5.97 Å². The van der Waals surface area contributed by atoms with Gasteiger partial charge in [-0.05, 0) is 48.9 Å². The summed E-state index contributed by atoms with van der Waals surface area (Å²) in [6.07, 6.45) is 0. The van der Waals surface area contributed by atoms with Crippen LogP contribution in [0.25, 0.3) is 22.2 Å². The molecule has 22 heavy (non-hydrogen) atoms. The molecular weight excluding hydrogens is 278 g/mol. The van der Waals surface area contributed by atoms with E-state index < -0.39 is 0 Å². The Morgan fingerprint density at radius 2 is 1.86 bits per heavy atom. The van der Waals surface area contributed by atoms with Crippen molar-refractivity contribution in [2.45, 2.75) is 6.92 Å². The molecule has 0 spiro atoms. The van der Waals surface area contributed by atoms with E-state index in [0.717, 1.165) is 16.8 Å². The maximum Gasteiger partial charge on any atom is 0.344 e. The van der Waals surface area contributed by atoms with Gasteiger partial charge in [0.15, 0.2) is 6.61 Å². The average molecular weight is 295 g/mol. The summed E-state index contributed by atoms with van der Waals surface area (Å²) >= 11 is 0. The molecule has 1 N–H and O–H groups in total. The third kappa shape index (κ3) is 3.11. The molecule has 0 saturated carbocycles. The number of nitrogens with one attached hydrogen (secondary N) is 1. The van der Waals surface area contributed by atoms with Gasteiger partial charge in [-0.1, -0.05) is 18.2 Å². The number of carbonyl (C=O) groups excluding carboxylic acids is 1. The monoisotopic (exact) mass is 295 g/mol. The summed E-state index contributed by atoms with van der Waals surface area (Å²) in [5, 5.41) is 1.18. The highest BCUT2D eigenvalue weighted by atomic mass is 16.6. The molecule has 0 bridgehead atoms. The maximum absolute atomic E-state index is 11.3. The predicted molar refractivity (Wildman–Crippen MR) is 85.9 cm³/mol. The summed E-state index contributed by atoms with van der Waals surface area (Å²) in [5.74, 6) is 0.287. The zero-order valence-electron chi connectivity index (χ0n) is 12.3. The maximum atomic E-state index is 11.3. The van der Waals surface area contributed by atoms with E-state index in [4.69, 9.17) is 9.47 Å². The summed E-state index contributed by atoms with van der Waals surface area (Å²) < 4.78 is 10.2. The van der Waals surface area contributed by atoms with Gasteiger partial charge in [-0.15, -0.1) is 0 Å². The zero-order chi connectivity index (χ0) is 15.4. The Bertz CT molecular complexity index is 741. The topological polar surface area (TPSA) is 51.3 Å². The van der Waals surface area contributed by atoms with Crippen LogP contribution < -0.4 is 4.74 Å². The molecule has 0 unspecified atom stereocenters. The fourth-order valence-electron chi connectivity index (χ4n) is 2.30. The first-order valence-electron chi connectivity index (χ1n) is 7.23. The van der Waals surface area contributed by atoms with Gasteiger partial charge in [0.2, 0.25) is 0 Å². The molecule has 0 amide bonds. The first kappa shape index (κ1) is 14.2. The van der Waals surface area contributed by atoms with Crippen molar-refractivity contribution in [2.24, 2.45) is 0 Å². The summed E-state index contributed by atoms with van der Waals surface area (Å²) in [6, 6.07) is 17.9. The molecule has 4 heteroatoms. The van der Waals surface area contributed by atoms with Crippen molar-refractivity contribution in [3.05, 3.63) is 54.6 Å². The summed E-state index contributed by atoms with van der Waals surface area (Å²) in [6.45, 7) is 2.06. The molecule has 0 aliphatic heterocycles. The number of aromatic nitrogens is 1. The Morgan fingerprint density at radius 1 is 1.09 bits per heavy atom. The molecule has 3 rings (SSSR count). The van der Waals surface area contributed by atoms with Crippen LogP contribution in [-0.4, -0.2) is 24.2 Å². The van der Waals surface area contributed by atoms with Crippen LogP contribution in [-0.2, 0) is 9.53 Å². The van der Waals surface area contributed by atoms with Crippen molar-refractivity contribution in [3.8, 4) is 17.0 Å². The second-order valence-electron chi connectivity index (χ2n) is 4.89. The van der Waals surface area contributed by atoms with E-state index in [0.29, 0.717) is 12.4 Å². The predicted octanol–water partition coefficient (Wildman–Crippen LogP) is 3.78. The first-order chi connectivity index (χ1) is 10.8. The minimum Gasteiger partial charge on any atom is -0.482 e. The van der Waals surface area contributed by atoms with Gasteiger partial charge in [0, 0.05) is 16.6 Å². The van der Waals surface area contributed by atoms with Crippen LogP contribution in [0, 0.1) is 0 Å². The fourth-order valence-corrected chi connectivity index (χ4v) is 2.30. The molecule has 2 aromatic carbocycles. The smallest absolute Gasteiger partial charge is 0.344 e. The summed E-state index contributed by atoms with van der Waals surface area (Å²) in [4.78, 5) is 14.6. The second kappa shape index (κ2) is 6.35. The Labute approximate surface area is 128 Å². The Balaban J connectivity index is 1.72. The van der Waals surface area contributed by atoms with Gasteiger partial charge in [0.1, 0.15) is 5.75 Å². The molecule has 0 aliphatic carbocycles. The van der Waals surface area contributed by atoms with E-state index in [-0.39, 0.29) is 12.6 Å². The molecule has 3 aromatic rings. The molecule has 1 aromatic heterocycles. The molecule has 0 radical (unpaired) electrons. The van der Waals surface area contributed by atoms with Crippen LogP contribution in [0.3, 0.4) is 0 Å². The van der Waals surface area contributed by atoms with Crippen molar-refractivity contribution in [1.82, 2.24) is 4.98 Å². The number of H-pyrrole nitrogens is 1. The number of rotatable bonds is 5. The lowest BCUT2D eigenvalue weighted by Crippen LogP contribution is -2.14. The molecule has 0 atom stereocenters. The zero-order valence-corrected chi connectivity index (χ0v) is 12.3. The van der Waals surface area contributed by atoms with Gasteiger partial charge < -0.3 is 14.5 Å². The summed E-state index contributed by atoms with van der Waals surface area (Å²) in [5.41, 5.74) is 3.23. The molecule has 0 fully saturated rings. The number of hydrogen-bond acceptors (Lipinski definition) is 3. The SMILES string of the molecule is CCOC(=O)COc1ccc(-c2cc3ccccc3[nH]2)cc1. The highest BCUT2D eigenvalue weighted by molar-refractivity contribution is 5.85. The Kier molecular flexibility index (Phi) is 4.10. The molecule has 1 heterocycles. The largest absolute Gasteiger partial charge is 0.482 e. The summed E-state index contributed by atoms with van der Waals surface area (Å²) in [7, 11) is 0. The van der Waals surface area contributed by atoms with E-state index in [1.807, 2.05) is 36.4 Å². The van der Waals surface area contributed by atoms with Crippen molar-refractivity contribution in [1.29, 1.82) is 0 Å². The number of benzene rings is 2. The van der Waals surface area contributed by atoms with Crippen molar-refractivity contribution in [3.63, 3.8) is 0 Å². The average Bonchev–Trinajstić information content (AvgIpc) is 2.98. The van der Waals surface area contributed by atoms with Gasteiger partial charge in [-0.25, -0.2) is 4.79 Å². The molecule has 0 aliphatic rings. The van der Waals surface area contributed by atoms with Crippen LogP contribution in [0.2, 0.25) is 0 Å². The third-order valence-electron chi connectivity index (χ3n) is 3.36. The highest BCUT2D eigenvalue weighted by Crippen LogP contribution is 2.25. The van der Waals surface area contributed by atoms with E-state index in [2.05, 4.69) is 23.2 Å². The molecular formula is C18H17NO3. The lowest BCUT2D eigenvalue weighted by Gasteiger charge is -2.06. The second-order valence-corrected chi connectivity index (χ2v) is 4.89. The number of ether oxygens (including phenoxy) is 2. The van der Waals surface area contributed by atoms with Gasteiger partial charge in [-0.3, -0.25) is 0 Å². The van der Waals surface area contributed by atoms with Crippen molar-refractivity contribution >= 4 is 16.9 Å². The lowest BCUT2D eigenvalue weighted by molar-refractivity contribution is -0.145. The number of carbonyl (C=O) groups is 1.